The molecule has 2 aromatic carbocycles. The maximum atomic E-state index is 14.4. The van der Waals surface area contributed by atoms with Gasteiger partial charge in [-0.15, -0.1) is 0 Å². The minimum absolute atomic E-state index is 0.108. The van der Waals surface area contributed by atoms with Crippen LogP contribution in [0.3, 0.4) is 0 Å². The third kappa shape index (κ3) is 4.56. The molecule has 0 saturated carbocycles. The Labute approximate surface area is 186 Å². The SMILES string of the molecule is Cc1ccc(N2C(=O)CC(N(CCN3CCOCC3)C(=O)c3ccccc3F)C2=O)cc1. The molecule has 3 amide bonds. The molecular weight excluding hydrogens is 413 g/mol. The van der Waals surface area contributed by atoms with E-state index in [-0.39, 0.29) is 24.4 Å². The zero-order valence-electron chi connectivity index (χ0n) is 18.0. The van der Waals surface area contributed by atoms with E-state index in [2.05, 4.69) is 4.90 Å². The van der Waals surface area contributed by atoms with Crippen molar-refractivity contribution in [1.82, 2.24) is 9.80 Å². The summed E-state index contributed by atoms with van der Waals surface area (Å²) in [6.07, 6.45) is -0.129. The molecule has 8 heteroatoms. The number of hydrogen-bond acceptors (Lipinski definition) is 5. The molecule has 0 aliphatic carbocycles. The summed E-state index contributed by atoms with van der Waals surface area (Å²) < 4.78 is 19.8. The highest BCUT2D eigenvalue weighted by atomic mass is 19.1. The van der Waals surface area contributed by atoms with Gasteiger partial charge in [-0.1, -0.05) is 29.8 Å². The quantitative estimate of drug-likeness (QED) is 0.646. The average molecular weight is 439 g/mol. The van der Waals surface area contributed by atoms with Gasteiger partial charge in [-0.2, -0.15) is 0 Å². The summed E-state index contributed by atoms with van der Waals surface area (Å²) in [6.45, 7) is 5.27. The first-order valence-electron chi connectivity index (χ1n) is 10.7. The minimum atomic E-state index is -0.975. The molecule has 0 aromatic heterocycles. The van der Waals surface area contributed by atoms with Crippen LogP contribution in [0.25, 0.3) is 0 Å². The van der Waals surface area contributed by atoms with E-state index >= 15 is 0 Å². The highest BCUT2D eigenvalue weighted by Crippen LogP contribution is 2.27. The van der Waals surface area contributed by atoms with Crippen molar-refractivity contribution < 1.29 is 23.5 Å². The van der Waals surface area contributed by atoms with Crippen LogP contribution in [0.1, 0.15) is 22.3 Å². The Morgan fingerprint density at radius 2 is 1.78 bits per heavy atom. The van der Waals surface area contributed by atoms with Crippen LogP contribution in [0, 0.1) is 12.7 Å². The van der Waals surface area contributed by atoms with Crippen LogP contribution in [-0.2, 0) is 14.3 Å². The molecule has 2 heterocycles. The van der Waals surface area contributed by atoms with E-state index in [0.29, 0.717) is 25.4 Å². The van der Waals surface area contributed by atoms with E-state index in [1.54, 1.807) is 18.2 Å². The first-order valence-corrected chi connectivity index (χ1v) is 10.7. The second-order valence-corrected chi connectivity index (χ2v) is 8.06. The molecule has 4 rings (SSSR count). The molecule has 1 unspecified atom stereocenters. The summed E-state index contributed by atoms with van der Waals surface area (Å²) in [7, 11) is 0. The molecule has 168 valence electrons. The van der Waals surface area contributed by atoms with Gasteiger partial charge in [-0.3, -0.25) is 19.3 Å². The summed E-state index contributed by atoms with van der Waals surface area (Å²) in [6, 6.07) is 11.8. The molecular formula is C24H26FN3O4. The second-order valence-electron chi connectivity index (χ2n) is 8.06. The third-order valence-electron chi connectivity index (χ3n) is 5.92. The number of nitrogens with zero attached hydrogens (tertiary/aromatic N) is 3. The van der Waals surface area contributed by atoms with E-state index < -0.39 is 23.7 Å². The van der Waals surface area contributed by atoms with Crippen molar-refractivity contribution in [2.24, 2.45) is 0 Å². The fourth-order valence-electron chi connectivity index (χ4n) is 4.09. The van der Waals surface area contributed by atoms with E-state index in [1.807, 2.05) is 19.1 Å². The van der Waals surface area contributed by atoms with Gasteiger partial charge in [0.25, 0.3) is 11.8 Å². The molecule has 7 nitrogen and oxygen atoms in total. The Hall–Kier alpha value is -3.10. The van der Waals surface area contributed by atoms with Crippen molar-refractivity contribution in [3.8, 4) is 0 Å². The van der Waals surface area contributed by atoms with E-state index in [4.69, 9.17) is 4.74 Å². The van der Waals surface area contributed by atoms with Crippen LogP contribution in [0.5, 0.6) is 0 Å². The van der Waals surface area contributed by atoms with Gasteiger partial charge in [0.05, 0.1) is 30.9 Å². The number of imide groups is 1. The van der Waals surface area contributed by atoms with Crippen molar-refractivity contribution in [2.75, 3.05) is 44.3 Å². The minimum Gasteiger partial charge on any atom is -0.379 e. The number of carbonyl (C=O) groups excluding carboxylic acids is 3. The fraction of sp³-hybridized carbons (Fsp3) is 0.375. The van der Waals surface area contributed by atoms with Crippen LogP contribution in [-0.4, -0.2) is 73.0 Å². The Morgan fingerprint density at radius 1 is 1.09 bits per heavy atom. The van der Waals surface area contributed by atoms with Crippen molar-refractivity contribution in [1.29, 1.82) is 0 Å². The summed E-state index contributed by atoms with van der Waals surface area (Å²) in [5.41, 5.74) is 1.37. The molecule has 2 aliphatic heterocycles. The fourth-order valence-corrected chi connectivity index (χ4v) is 4.09. The lowest BCUT2D eigenvalue weighted by atomic mass is 10.1. The lowest BCUT2D eigenvalue weighted by Crippen LogP contribution is -2.49. The summed E-state index contributed by atoms with van der Waals surface area (Å²) in [4.78, 5) is 44.0. The number of rotatable bonds is 6. The smallest absolute Gasteiger partial charge is 0.257 e. The molecule has 0 radical (unpaired) electrons. The van der Waals surface area contributed by atoms with Gasteiger partial charge in [-0.25, -0.2) is 9.29 Å². The molecule has 0 N–H and O–H groups in total. The van der Waals surface area contributed by atoms with Crippen molar-refractivity contribution in [2.45, 2.75) is 19.4 Å². The summed E-state index contributed by atoms with van der Waals surface area (Å²) >= 11 is 0. The molecule has 0 spiro atoms. The highest BCUT2D eigenvalue weighted by Gasteiger charge is 2.44. The third-order valence-corrected chi connectivity index (χ3v) is 5.92. The second kappa shape index (κ2) is 9.58. The number of aryl methyl sites for hydroxylation is 1. The number of amides is 3. The number of benzene rings is 2. The summed E-state index contributed by atoms with van der Waals surface area (Å²) in [5, 5.41) is 0. The van der Waals surface area contributed by atoms with Gasteiger partial charge in [0.2, 0.25) is 5.91 Å². The largest absolute Gasteiger partial charge is 0.379 e. The number of carbonyl (C=O) groups is 3. The predicted molar refractivity (Wildman–Crippen MR) is 117 cm³/mol. The zero-order chi connectivity index (χ0) is 22.7. The Morgan fingerprint density at radius 3 is 2.47 bits per heavy atom. The first kappa shape index (κ1) is 22.1. The molecule has 2 aliphatic rings. The molecule has 32 heavy (non-hydrogen) atoms. The van der Waals surface area contributed by atoms with Gasteiger partial charge >= 0.3 is 0 Å². The first-order chi connectivity index (χ1) is 15.5. The normalized spacial score (nSPS) is 19.4. The average Bonchev–Trinajstić information content (AvgIpc) is 3.09. The Balaban J connectivity index is 1.60. The van der Waals surface area contributed by atoms with E-state index in [0.717, 1.165) is 23.6 Å². The maximum Gasteiger partial charge on any atom is 0.257 e. The van der Waals surface area contributed by atoms with E-state index in [1.165, 1.54) is 23.1 Å². The van der Waals surface area contributed by atoms with Crippen LogP contribution in [0.15, 0.2) is 48.5 Å². The van der Waals surface area contributed by atoms with Crippen molar-refractivity contribution >= 4 is 23.4 Å². The van der Waals surface area contributed by atoms with Gasteiger partial charge < -0.3 is 9.64 Å². The highest BCUT2D eigenvalue weighted by molar-refractivity contribution is 6.23. The molecule has 2 saturated heterocycles. The Kier molecular flexibility index (Phi) is 6.62. The van der Waals surface area contributed by atoms with Crippen molar-refractivity contribution in [3.05, 3.63) is 65.5 Å². The number of hydrogen-bond donors (Lipinski definition) is 0. The lowest BCUT2D eigenvalue weighted by Gasteiger charge is -2.32. The molecule has 1 atom stereocenters. The van der Waals surface area contributed by atoms with Gasteiger partial charge in [0, 0.05) is 26.2 Å². The predicted octanol–water partition coefficient (Wildman–Crippen LogP) is 2.24. The molecule has 0 bridgehead atoms. The standard InChI is InChI=1S/C24H26FN3O4/c1-17-6-8-18(9-7-17)28-22(29)16-21(24(28)31)27(11-10-26-12-14-32-15-13-26)23(30)19-4-2-3-5-20(19)25/h2-9,21H,10-16H2,1H3. The van der Waals surface area contributed by atoms with Crippen LogP contribution in [0.2, 0.25) is 0 Å². The lowest BCUT2D eigenvalue weighted by molar-refractivity contribution is -0.122. The van der Waals surface area contributed by atoms with Gasteiger partial charge in [0.1, 0.15) is 11.9 Å². The monoisotopic (exact) mass is 439 g/mol. The number of anilines is 1. The van der Waals surface area contributed by atoms with E-state index in [9.17, 15) is 18.8 Å². The van der Waals surface area contributed by atoms with Gasteiger partial charge in [0.15, 0.2) is 0 Å². The van der Waals surface area contributed by atoms with Crippen LogP contribution >= 0.6 is 0 Å². The van der Waals surface area contributed by atoms with Gasteiger partial charge in [-0.05, 0) is 31.2 Å². The number of halogens is 1. The Bertz CT molecular complexity index is 1000. The van der Waals surface area contributed by atoms with Crippen molar-refractivity contribution in [3.63, 3.8) is 0 Å². The maximum absolute atomic E-state index is 14.4. The topological polar surface area (TPSA) is 70.2 Å². The molecule has 2 aromatic rings. The number of ether oxygens (including phenoxy) is 1. The van der Waals surface area contributed by atoms with Crippen LogP contribution < -0.4 is 4.90 Å². The number of morpholine rings is 1. The molecule has 2 fully saturated rings. The van der Waals surface area contributed by atoms with Crippen LogP contribution in [0.4, 0.5) is 10.1 Å². The zero-order valence-corrected chi connectivity index (χ0v) is 18.0. The summed E-state index contributed by atoms with van der Waals surface area (Å²) in [5.74, 6) is -2.08.